The maximum Gasteiger partial charge on any atom is 0.224 e. The second kappa shape index (κ2) is 8.62. The van der Waals surface area contributed by atoms with E-state index in [2.05, 4.69) is 45.7 Å². The summed E-state index contributed by atoms with van der Waals surface area (Å²) in [7, 11) is 4.11. The molecule has 0 saturated heterocycles. The van der Waals surface area contributed by atoms with Gasteiger partial charge in [0.25, 0.3) is 0 Å². The van der Waals surface area contributed by atoms with Crippen molar-refractivity contribution in [3.8, 4) is 0 Å². The largest absolute Gasteiger partial charge is 0.370 e. The number of likely N-dealkylation sites (N-methyl/N-ethyl adjacent to an activating group) is 1. The zero-order chi connectivity index (χ0) is 14.9. The fourth-order valence-electron chi connectivity index (χ4n) is 2.42. The summed E-state index contributed by atoms with van der Waals surface area (Å²) in [5.74, 6) is 1.59. The van der Waals surface area contributed by atoms with Gasteiger partial charge in [0.2, 0.25) is 5.95 Å². The van der Waals surface area contributed by atoms with Crippen LogP contribution in [0.15, 0.2) is 23.9 Å². The maximum atomic E-state index is 4.48. The van der Waals surface area contributed by atoms with Gasteiger partial charge in [-0.1, -0.05) is 11.6 Å². The van der Waals surface area contributed by atoms with Gasteiger partial charge >= 0.3 is 0 Å². The van der Waals surface area contributed by atoms with Crippen LogP contribution in [0.3, 0.4) is 0 Å². The SMILES string of the molecule is CN(C)CCNc1nccc(NCCC2=CCCCC2)n1. The van der Waals surface area contributed by atoms with Crippen LogP contribution in [0.25, 0.3) is 0 Å². The first-order chi connectivity index (χ1) is 10.2. The summed E-state index contributed by atoms with van der Waals surface area (Å²) < 4.78 is 0. The Labute approximate surface area is 127 Å². The molecule has 0 bridgehead atoms. The first kappa shape index (κ1) is 15.8. The van der Waals surface area contributed by atoms with E-state index < -0.39 is 0 Å². The monoisotopic (exact) mass is 289 g/mol. The van der Waals surface area contributed by atoms with Gasteiger partial charge in [-0.3, -0.25) is 0 Å². The van der Waals surface area contributed by atoms with Crippen LogP contribution in [0.2, 0.25) is 0 Å². The molecule has 21 heavy (non-hydrogen) atoms. The van der Waals surface area contributed by atoms with Gasteiger partial charge in [0, 0.05) is 25.8 Å². The molecule has 0 aliphatic heterocycles. The van der Waals surface area contributed by atoms with Crippen molar-refractivity contribution < 1.29 is 0 Å². The molecule has 116 valence electrons. The summed E-state index contributed by atoms with van der Waals surface area (Å²) in [6.45, 7) is 2.76. The number of nitrogens with zero attached hydrogens (tertiary/aromatic N) is 3. The minimum atomic E-state index is 0.693. The Hall–Kier alpha value is -1.62. The molecule has 0 radical (unpaired) electrons. The molecule has 2 N–H and O–H groups in total. The van der Waals surface area contributed by atoms with Gasteiger partial charge in [0.1, 0.15) is 5.82 Å². The van der Waals surface area contributed by atoms with E-state index in [0.717, 1.165) is 31.9 Å². The van der Waals surface area contributed by atoms with E-state index in [1.807, 2.05) is 6.07 Å². The molecule has 1 aliphatic carbocycles. The van der Waals surface area contributed by atoms with Crippen molar-refractivity contribution >= 4 is 11.8 Å². The summed E-state index contributed by atoms with van der Waals surface area (Å²) in [5, 5.41) is 6.63. The third-order valence-corrected chi connectivity index (χ3v) is 3.63. The summed E-state index contributed by atoms with van der Waals surface area (Å²) in [4.78, 5) is 10.9. The van der Waals surface area contributed by atoms with Crippen molar-refractivity contribution in [3.63, 3.8) is 0 Å². The number of nitrogens with one attached hydrogen (secondary N) is 2. The summed E-state index contributed by atoms with van der Waals surface area (Å²) >= 11 is 0. The summed E-state index contributed by atoms with van der Waals surface area (Å²) in [5.41, 5.74) is 1.59. The molecular formula is C16H27N5. The minimum absolute atomic E-state index is 0.693. The standard InChI is InChI=1S/C16H27N5/c1-21(2)13-12-19-16-18-11-9-15(20-16)17-10-8-14-6-4-3-5-7-14/h6,9,11H,3-5,7-8,10,12-13H2,1-2H3,(H2,17,18,19,20). The Morgan fingerprint density at radius 2 is 2.10 bits per heavy atom. The lowest BCUT2D eigenvalue weighted by Gasteiger charge is -2.13. The van der Waals surface area contributed by atoms with Crippen molar-refractivity contribution in [2.75, 3.05) is 44.4 Å². The number of rotatable bonds is 8. The third kappa shape index (κ3) is 6.12. The average Bonchev–Trinajstić information content (AvgIpc) is 2.48. The lowest BCUT2D eigenvalue weighted by molar-refractivity contribution is 0.425. The van der Waals surface area contributed by atoms with Crippen LogP contribution >= 0.6 is 0 Å². The lowest BCUT2D eigenvalue weighted by Crippen LogP contribution is -2.21. The van der Waals surface area contributed by atoms with E-state index in [0.29, 0.717) is 5.95 Å². The van der Waals surface area contributed by atoms with Crippen LogP contribution in [0.1, 0.15) is 32.1 Å². The maximum absolute atomic E-state index is 4.48. The van der Waals surface area contributed by atoms with Crippen LogP contribution in [0.5, 0.6) is 0 Å². The fraction of sp³-hybridized carbons (Fsp3) is 0.625. The van der Waals surface area contributed by atoms with Crippen LogP contribution in [0.4, 0.5) is 11.8 Å². The molecule has 0 atom stereocenters. The molecule has 1 aliphatic rings. The van der Waals surface area contributed by atoms with Crippen molar-refractivity contribution in [1.29, 1.82) is 0 Å². The molecule has 0 fully saturated rings. The topological polar surface area (TPSA) is 53.1 Å². The predicted octanol–water partition coefficient (Wildman–Crippen LogP) is 2.75. The first-order valence-corrected chi connectivity index (χ1v) is 7.87. The molecule has 0 amide bonds. The number of aromatic nitrogens is 2. The highest BCUT2D eigenvalue weighted by Gasteiger charge is 2.04. The first-order valence-electron chi connectivity index (χ1n) is 7.87. The van der Waals surface area contributed by atoms with E-state index in [9.17, 15) is 0 Å². The molecule has 0 aromatic carbocycles. The Morgan fingerprint density at radius 3 is 2.86 bits per heavy atom. The van der Waals surface area contributed by atoms with E-state index in [1.165, 1.54) is 25.7 Å². The Kier molecular flexibility index (Phi) is 6.47. The van der Waals surface area contributed by atoms with Gasteiger partial charge in [-0.15, -0.1) is 0 Å². The number of hydrogen-bond donors (Lipinski definition) is 2. The van der Waals surface area contributed by atoms with Crippen molar-refractivity contribution in [2.45, 2.75) is 32.1 Å². The molecule has 0 saturated carbocycles. The van der Waals surface area contributed by atoms with Gasteiger partial charge in [-0.2, -0.15) is 4.98 Å². The third-order valence-electron chi connectivity index (χ3n) is 3.63. The summed E-state index contributed by atoms with van der Waals surface area (Å²) in [6, 6.07) is 1.92. The lowest BCUT2D eigenvalue weighted by atomic mass is 9.97. The molecule has 5 heteroatoms. The fourth-order valence-corrected chi connectivity index (χ4v) is 2.42. The summed E-state index contributed by atoms with van der Waals surface area (Å²) in [6.07, 6.45) is 10.5. The van der Waals surface area contributed by atoms with E-state index in [-0.39, 0.29) is 0 Å². The van der Waals surface area contributed by atoms with Gasteiger partial charge in [0.15, 0.2) is 0 Å². The second-order valence-corrected chi connectivity index (χ2v) is 5.78. The molecule has 2 rings (SSSR count). The highest BCUT2D eigenvalue weighted by molar-refractivity contribution is 5.39. The van der Waals surface area contributed by atoms with E-state index in [4.69, 9.17) is 0 Å². The van der Waals surface area contributed by atoms with Gasteiger partial charge in [0.05, 0.1) is 0 Å². The molecule has 0 unspecified atom stereocenters. The highest BCUT2D eigenvalue weighted by atomic mass is 15.2. The quantitative estimate of drug-likeness (QED) is 0.721. The second-order valence-electron chi connectivity index (χ2n) is 5.78. The van der Waals surface area contributed by atoms with Crippen LogP contribution in [-0.2, 0) is 0 Å². The zero-order valence-corrected chi connectivity index (χ0v) is 13.2. The van der Waals surface area contributed by atoms with Crippen LogP contribution in [-0.4, -0.2) is 48.6 Å². The Balaban J connectivity index is 1.73. The van der Waals surface area contributed by atoms with Gasteiger partial charge < -0.3 is 15.5 Å². The Morgan fingerprint density at radius 1 is 1.19 bits per heavy atom. The molecular weight excluding hydrogens is 262 g/mol. The number of allylic oxidation sites excluding steroid dienone is 1. The molecule has 5 nitrogen and oxygen atoms in total. The smallest absolute Gasteiger partial charge is 0.224 e. The van der Waals surface area contributed by atoms with Gasteiger partial charge in [-0.05, 0) is 52.3 Å². The number of hydrogen-bond acceptors (Lipinski definition) is 5. The van der Waals surface area contributed by atoms with Gasteiger partial charge in [-0.25, -0.2) is 4.98 Å². The van der Waals surface area contributed by atoms with Crippen molar-refractivity contribution in [3.05, 3.63) is 23.9 Å². The predicted molar refractivity (Wildman–Crippen MR) is 88.7 cm³/mol. The number of anilines is 2. The van der Waals surface area contributed by atoms with E-state index in [1.54, 1.807) is 11.8 Å². The molecule has 0 spiro atoms. The van der Waals surface area contributed by atoms with Crippen molar-refractivity contribution in [1.82, 2.24) is 14.9 Å². The van der Waals surface area contributed by atoms with Crippen LogP contribution in [0, 0.1) is 0 Å². The normalized spacial score (nSPS) is 14.9. The molecule has 1 aromatic heterocycles. The van der Waals surface area contributed by atoms with Crippen molar-refractivity contribution in [2.24, 2.45) is 0 Å². The Bertz CT molecular complexity index is 456. The zero-order valence-electron chi connectivity index (χ0n) is 13.2. The van der Waals surface area contributed by atoms with E-state index >= 15 is 0 Å². The molecule has 1 heterocycles. The average molecular weight is 289 g/mol. The van der Waals surface area contributed by atoms with Crippen LogP contribution < -0.4 is 10.6 Å². The minimum Gasteiger partial charge on any atom is -0.370 e. The molecule has 1 aromatic rings. The highest BCUT2D eigenvalue weighted by Crippen LogP contribution is 2.19.